The molecule has 0 aromatic heterocycles. The Labute approximate surface area is 57.1 Å². The molecule has 0 saturated heterocycles. The van der Waals surface area contributed by atoms with Crippen molar-refractivity contribution in [1.82, 2.24) is 0 Å². The van der Waals surface area contributed by atoms with E-state index in [-0.39, 0.29) is 13.2 Å². The van der Waals surface area contributed by atoms with E-state index in [1.807, 2.05) is 0 Å². The molecule has 0 atom stereocenters. The molecule has 8 heteroatoms. The molecule has 0 saturated carbocycles. The molecule has 0 aliphatic rings. The highest BCUT2D eigenvalue weighted by Gasteiger charge is 2.11. The molecule has 4 N–H and O–H groups in total. The van der Waals surface area contributed by atoms with Gasteiger partial charge in [-0.15, -0.1) is 0 Å². The Bertz CT molecular complexity index is 153. The van der Waals surface area contributed by atoms with Gasteiger partial charge in [-0.2, -0.15) is 5.11 Å². The Morgan fingerprint density at radius 3 is 2.60 bits per heavy atom. The second-order valence-corrected chi connectivity index (χ2v) is 2.54. The monoisotopic (exact) mass is 169 g/mol. The highest BCUT2D eigenvalue weighted by Crippen LogP contribution is 2.35. The Hall–Kier alpha value is -0.490. The molecule has 60 valence electrons. The van der Waals surface area contributed by atoms with Gasteiger partial charge in [-0.05, 0) is 0 Å². The minimum atomic E-state index is -4.35. The van der Waals surface area contributed by atoms with E-state index in [9.17, 15) is 4.57 Å². The third-order valence-corrected chi connectivity index (χ3v) is 1.05. The lowest BCUT2D eigenvalue weighted by molar-refractivity contribution is 0.201. The smallest absolute Gasteiger partial charge is 0.305 e. The van der Waals surface area contributed by atoms with Gasteiger partial charge in [0, 0.05) is 0 Å². The predicted molar refractivity (Wildman–Crippen MR) is 31.9 cm³/mol. The quantitative estimate of drug-likeness (QED) is 0.171. The molecule has 0 heterocycles. The first kappa shape index (κ1) is 9.51. The van der Waals surface area contributed by atoms with Gasteiger partial charge in [0.1, 0.15) is 0 Å². The lowest BCUT2D eigenvalue weighted by atomic mass is 10.8. The maximum absolute atomic E-state index is 9.96. The lowest BCUT2D eigenvalue weighted by Gasteiger charge is -2.00. The Morgan fingerprint density at radius 1 is 1.60 bits per heavy atom. The number of hydrogen-bond acceptors (Lipinski definition) is 4. The van der Waals surface area contributed by atoms with Crippen LogP contribution in [0.15, 0.2) is 10.3 Å². The summed E-state index contributed by atoms with van der Waals surface area (Å²) in [5.41, 5.74) is 0. The molecule has 0 fully saturated rings. The third-order valence-electron chi connectivity index (χ3n) is 0.532. The van der Waals surface area contributed by atoms with Gasteiger partial charge in [0.15, 0.2) is 0 Å². The summed E-state index contributed by atoms with van der Waals surface area (Å²) in [6, 6.07) is 0. The summed E-state index contributed by atoms with van der Waals surface area (Å²) in [6.07, 6.45) is 0. The molecule has 0 aromatic carbocycles. The zero-order chi connectivity index (χ0) is 8.04. The van der Waals surface area contributed by atoms with E-state index in [1.165, 1.54) is 0 Å². The van der Waals surface area contributed by atoms with Crippen molar-refractivity contribution in [3.63, 3.8) is 0 Å². The third kappa shape index (κ3) is 7.51. The summed E-state index contributed by atoms with van der Waals surface area (Å²) in [5, 5.41) is 6.06. The predicted octanol–water partition coefficient (Wildman–Crippen LogP) is -0.578. The van der Waals surface area contributed by atoms with Gasteiger partial charge < -0.3 is 15.6 Å². The zero-order valence-electron chi connectivity index (χ0n) is 5.04. The first-order valence-corrected chi connectivity index (χ1v) is 3.86. The first-order valence-electron chi connectivity index (χ1n) is 2.33. The SMILES string of the molecule is NN=NCCOP(=O)(O)O. The highest BCUT2D eigenvalue weighted by atomic mass is 31.2. The van der Waals surface area contributed by atoms with Crippen LogP contribution < -0.4 is 5.84 Å². The van der Waals surface area contributed by atoms with E-state index >= 15 is 0 Å². The van der Waals surface area contributed by atoms with Gasteiger partial charge in [0.05, 0.1) is 13.2 Å². The molecule has 0 rings (SSSR count). The Balaban J connectivity index is 3.29. The average Bonchev–Trinajstić information content (AvgIpc) is 1.78. The molecule has 0 aliphatic carbocycles. The first-order chi connectivity index (χ1) is 4.56. The molecule has 7 nitrogen and oxygen atoms in total. The van der Waals surface area contributed by atoms with E-state index in [0.29, 0.717) is 0 Å². The standard InChI is InChI=1S/C2H8N3O4P/c3-5-4-1-2-9-10(6,7)8/h1-2H2,(H2,3,4)(H2,6,7,8). The molecular formula is C2H8N3O4P. The van der Waals surface area contributed by atoms with Crippen molar-refractivity contribution in [2.24, 2.45) is 16.2 Å². The van der Waals surface area contributed by atoms with Gasteiger partial charge in [-0.1, -0.05) is 5.22 Å². The molecule has 0 amide bonds. The molecule has 0 aliphatic heterocycles. The number of nitrogens with two attached hydrogens (primary N) is 1. The fourth-order valence-corrected chi connectivity index (χ4v) is 0.578. The number of phosphoric acid groups is 1. The van der Waals surface area contributed by atoms with Crippen LogP contribution in [0.5, 0.6) is 0 Å². The van der Waals surface area contributed by atoms with Crippen LogP contribution in [-0.2, 0) is 9.09 Å². The zero-order valence-corrected chi connectivity index (χ0v) is 5.94. The minimum Gasteiger partial charge on any atom is -0.305 e. The fourth-order valence-electron chi connectivity index (χ4n) is 0.258. The Kier molecular flexibility index (Phi) is 4.13. The lowest BCUT2D eigenvalue weighted by Crippen LogP contribution is -1.95. The van der Waals surface area contributed by atoms with E-state index in [2.05, 4.69) is 20.7 Å². The molecule has 0 aromatic rings. The van der Waals surface area contributed by atoms with Gasteiger partial charge >= 0.3 is 7.82 Å². The summed E-state index contributed by atoms with van der Waals surface area (Å²) < 4.78 is 14.0. The van der Waals surface area contributed by atoms with Crippen molar-refractivity contribution in [3.8, 4) is 0 Å². The van der Waals surface area contributed by atoms with Crippen molar-refractivity contribution in [3.05, 3.63) is 0 Å². The normalized spacial score (nSPS) is 12.6. The molecule has 0 bridgehead atoms. The molecule has 0 radical (unpaired) electrons. The highest BCUT2D eigenvalue weighted by molar-refractivity contribution is 7.46. The summed E-state index contributed by atoms with van der Waals surface area (Å²) in [7, 11) is -4.35. The Morgan fingerprint density at radius 2 is 2.20 bits per heavy atom. The van der Waals surface area contributed by atoms with E-state index in [0.717, 1.165) is 0 Å². The van der Waals surface area contributed by atoms with Gasteiger partial charge in [-0.3, -0.25) is 4.52 Å². The second-order valence-electron chi connectivity index (χ2n) is 1.30. The summed E-state index contributed by atoms with van der Waals surface area (Å²) >= 11 is 0. The van der Waals surface area contributed by atoms with Crippen LogP contribution in [0.3, 0.4) is 0 Å². The van der Waals surface area contributed by atoms with Crippen LogP contribution >= 0.6 is 7.82 Å². The summed E-state index contributed by atoms with van der Waals surface area (Å²) in [4.78, 5) is 16.2. The van der Waals surface area contributed by atoms with Gasteiger partial charge in [0.2, 0.25) is 0 Å². The van der Waals surface area contributed by atoms with Crippen LogP contribution in [0.1, 0.15) is 0 Å². The number of rotatable bonds is 4. The maximum Gasteiger partial charge on any atom is 0.469 e. The fraction of sp³-hybridized carbons (Fsp3) is 1.00. The number of hydrogen-bond donors (Lipinski definition) is 3. The van der Waals surface area contributed by atoms with E-state index < -0.39 is 7.82 Å². The van der Waals surface area contributed by atoms with Gasteiger partial charge in [0.25, 0.3) is 0 Å². The van der Waals surface area contributed by atoms with Crippen molar-refractivity contribution in [1.29, 1.82) is 0 Å². The summed E-state index contributed by atoms with van der Waals surface area (Å²) in [6.45, 7) is -0.146. The van der Waals surface area contributed by atoms with E-state index in [1.54, 1.807) is 0 Å². The topological polar surface area (TPSA) is 118 Å². The second kappa shape index (κ2) is 4.35. The van der Waals surface area contributed by atoms with Crippen LogP contribution in [0.4, 0.5) is 0 Å². The van der Waals surface area contributed by atoms with Crippen LogP contribution in [-0.4, -0.2) is 22.9 Å². The van der Waals surface area contributed by atoms with Crippen molar-refractivity contribution < 1.29 is 18.9 Å². The summed E-state index contributed by atoms with van der Waals surface area (Å²) in [5.74, 6) is 4.59. The van der Waals surface area contributed by atoms with Crippen LogP contribution in [0, 0.1) is 0 Å². The maximum atomic E-state index is 9.96. The van der Waals surface area contributed by atoms with Gasteiger partial charge in [-0.25, -0.2) is 4.57 Å². The van der Waals surface area contributed by atoms with Crippen molar-refractivity contribution in [2.75, 3.05) is 13.2 Å². The van der Waals surface area contributed by atoms with Crippen LogP contribution in [0.25, 0.3) is 0 Å². The van der Waals surface area contributed by atoms with Crippen LogP contribution in [0.2, 0.25) is 0 Å². The molecule has 0 unspecified atom stereocenters. The molecular weight excluding hydrogens is 161 g/mol. The largest absolute Gasteiger partial charge is 0.469 e. The van der Waals surface area contributed by atoms with Crippen molar-refractivity contribution in [2.45, 2.75) is 0 Å². The average molecular weight is 169 g/mol. The minimum absolute atomic E-state index is 0.0433. The van der Waals surface area contributed by atoms with E-state index in [4.69, 9.17) is 9.79 Å². The number of phosphoric ester groups is 1. The molecule has 10 heavy (non-hydrogen) atoms. The molecule has 0 spiro atoms. The van der Waals surface area contributed by atoms with Crippen molar-refractivity contribution >= 4 is 7.82 Å². The number of nitrogens with zero attached hydrogens (tertiary/aromatic N) is 2.